The molecule has 0 amide bonds. The molecule has 2 aromatic carbocycles. The van der Waals surface area contributed by atoms with E-state index >= 15 is 13.2 Å². The Labute approximate surface area is 706 Å². The summed E-state index contributed by atoms with van der Waals surface area (Å²) >= 11 is 11.0. The van der Waals surface area contributed by atoms with Gasteiger partial charge in [-0.25, -0.2) is 51.0 Å². The molecule has 7 unspecified atom stereocenters. The van der Waals surface area contributed by atoms with Crippen LogP contribution in [-0.4, -0.2) is 203 Å². The number of aromatic nitrogens is 9. The third-order valence-electron chi connectivity index (χ3n) is 18.3. The van der Waals surface area contributed by atoms with Crippen molar-refractivity contribution in [2.45, 2.75) is 140 Å². The highest BCUT2D eigenvalue weighted by molar-refractivity contribution is 9.10. The van der Waals surface area contributed by atoms with Gasteiger partial charge in [0.05, 0.1) is 38.8 Å². The van der Waals surface area contributed by atoms with Crippen LogP contribution in [0, 0.1) is 17.8 Å². The number of nitrogens with one attached hydrogen (secondary N) is 3. The van der Waals surface area contributed by atoms with Crippen molar-refractivity contribution >= 4 is 121 Å². The molecule has 0 bridgehead atoms. The molecular formula is C69H84Br4F4N13O26P3. The summed E-state index contributed by atoms with van der Waals surface area (Å²) in [6.45, 7) is 6.76. The predicted octanol–water partition coefficient (Wildman–Crippen LogP) is 6.15. The predicted molar refractivity (Wildman–Crippen MR) is 429 cm³/mol. The fourth-order valence-electron chi connectivity index (χ4n) is 11.3. The number of benzene rings is 2. The average Bonchev–Trinajstić information content (AvgIpc) is 1.64. The van der Waals surface area contributed by atoms with E-state index in [0.29, 0.717) is 0 Å². The van der Waals surface area contributed by atoms with Crippen molar-refractivity contribution in [2.75, 3.05) is 61.9 Å². The van der Waals surface area contributed by atoms with Gasteiger partial charge < -0.3 is 69.5 Å². The number of hydrogen-bond acceptors (Lipinski definition) is 33. The van der Waals surface area contributed by atoms with Crippen LogP contribution in [0.15, 0.2) is 158 Å². The number of nitrogens with two attached hydrogens (primary N) is 2. The summed E-state index contributed by atoms with van der Waals surface area (Å²) in [4.78, 5) is 111. The lowest BCUT2D eigenvalue weighted by Crippen LogP contribution is -2.41. The highest BCUT2D eigenvalue weighted by Gasteiger charge is 2.61. The number of hydrogen-bond donors (Lipinski definition) is 11. The quantitative estimate of drug-likeness (QED) is 0.0100. The summed E-state index contributed by atoms with van der Waals surface area (Å²) in [5.41, 5.74) is 8.91. The number of alkyl halides is 8. The number of ketones is 3. The van der Waals surface area contributed by atoms with Crippen LogP contribution >= 0.6 is 86.4 Å². The Kier molecular flexibility index (Phi) is 33.7. The number of aliphatic hydroxyl groups excluding tert-OH is 5. The van der Waals surface area contributed by atoms with Crippen molar-refractivity contribution in [3.8, 4) is 11.5 Å². The number of H-pyrrole nitrogens is 1. The standard InChI is InChI=1S/C20H26BrFN5O7P.C20H24BrFN3O7P.C20H23BrFN2O8P.C9H11BrFN3O4/c1-12(13(2)28)11-35(32,24-9-14-4-3-6-23-8-14)33-10-15-17(29)20(21,22)18(34-15)27-7-5-16(26-31)25-19(27)30;1-12(13(2)26)11-33(29,32-14-6-4-3-5-7-14)30-10-15-17(27)20(21,22)18(31-15)25-9-8-16(23)24-19(25)28;1-12(13(2)25)11-33(29,32-14-6-4-3-5-7-14)30-10-15-17(27)20(21,22)18(31-15)24-9-8-16(26)23-19(24)28;10-9(11)6(16)4(3-15)18-7(9)14-2-1-5(12)13-8(14)17/h3-8,12,15,17-18,29,31H,9-11H2,1-2H3,(H,24,32)(H,25,26,30);3-9,12,15,17-18,27H,10-11H2,1-2H3,(H2,23,24,28);3-9,12,15,17-18,27H,10-11H2,1-2H3,(H,23,26,28);1-2,4,6-7,15-16H,3H2,(H2,12,13,17)/t12-,15-,17+,18-,20?,35?;2*12-,15-,17+,18-,20?,33?;4-,6+,7-,9?/m1111/s1. The molecule has 13 N–H and O–H groups in total. The van der Waals surface area contributed by atoms with Gasteiger partial charge in [-0.05, 0) is 139 Å². The molecule has 119 heavy (non-hydrogen) atoms. The molecule has 50 heteroatoms. The van der Waals surface area contributed by atoms with Gasteiger partial charge in [-0.2, -0.15) is 15.0 Å². The van der Waals surface area contributed by atoms with Crippen LogP contribution in [-0.2, 0) is 67.1 Å². The van der Waals surface area contributed by atoms with Crippen LogP contribution in [0.3, 0.4) is 0 Å². The van der Waals surface area contributed by atoms with Gasteiger partial charge in [0, 0.05) is 73.7 Å². The first-order chi connectivity index (χ1) is 55.7. The van der Waals surface area contributed by atoms with E-state index in [-0.39, 0.29) is 71.3 Å². The summed E-state index contributed by atoms with van der Waals surface area (Å²) in [5.74, 6) is -2.27. The molecule has 0 saturated carbocycles. The molecule has 11 rings (SSSR count). The molecule has 5 aromatic heterocycles. The number of anilines is 3. The van der Waals surface area contributed by atoms with Crippen LogP contribution < -0.4 is 59.4 Å². The van der Waals surface area contributed by atoms with Gasteiger partial charge >= 0.3 is 38.0 Å². The number of rotatable bonds is 31. The van der Waals surface area contributed by atoms with E-state index in [1.807, 2.05) is 4.98 Å². The van der Waals surface area contributed by atoms with Crippen molar-refractivity contribution < 1.29 is 118 Å². The minimum absolute atomic E-state index is 0.00691. The molecule has 39 nitrogen and oxygen atoms in total. The molecular weight excluding hydrogens is 1920 g/mol. The maximum absolute atomic E-state index is 15.4. The Bertz CT molecular complexity index is 5120. The zero-order valence-corrected chi connectivity index (χ0v) is 72.5. The SMILES string of the molecule is CC(=O)[C@H](C)CP(=O)(NCc1cccnc1)OC[C@H]1O[C@@H](n2ccc(NO)nc2=O)C(F)(Br)[C@H]1O.CC(=O)[C@H](C)CP(=O)(OC[C@H]1O[C@@H](n2ccc(=O)[nH]c2=O)C(F)(Br)[C@H]1O)Oc1ccccc1.CC(=O)[C@H](C)CP(=O)(OC[C@H]1O[C@@H](n2ccc(N)nc2=O)C(F)(Br)[C@H]1O)Oc1ccccc1.Nc1ccn([C@@H]2O[C@H](CO)[C@H](O)C2(F)Br)c(=O)n1. The number of nitrogen functional groups attached to an aromatic ring is 2. The summed E-state index contributed by atoms with van der Waals surface area (Å²) in [6.07, 6.45) is -11.5. The second kappa shape index (κ2) is 41.2. The number of ether oxygens (including phenoxy) is 4. The van der Waals surface area contributed by atoms with Crippen LogP contribution in [0.5, 0.6) is 11.5 Å². The molecule has 22 atom stereocenters. The lowest BCUT2D eigenvalue weighted by Gasteiger charge is -2.24. The zero-order chi connectivity index (χ0) is 88.1. The lowest BCUT2D eigenvalue weighted by molar-refractivity contribution is -0.120. The Hall–Kier alpha value is -7.31. The number of carbonyl (C=O) groups excluding carboxylic acids is 3. The molecule has 652 valence electrons. The Morgan fingerprint density at radius 3 is 1.27 bits per heavy atom. The first-order valence-electron chi connectivity index (χ1n) is 35.5. The second-order valence-corrected chi connectivity index (χ2v) is 38.6. The lowest BCUT2D eigenvalue weighted by atomic mass is 10.1. The van der Waals surface area contributed by atoms with Crippen molar-refractivity contribution in [1.29, 1.82) is 0 Å². The normalized spacial score (nSPS) is 28.6. The minimum Gasteiger partial charge on any atom is -0.424 e. The summed E-state index contributed by atoms with van der Waals surface area (Å²) in [5, 5.41) is 61.7. The number of Topliss-reactive ketones (excluding diaryl/α,β-unsaturated/α-hetero) is 3. The smallest absolute Gasteiger partial charge is 0.379 e. The third kappa shape index (κ3) is 24.8. The Morgan fingerprint density at radius 1 is 0.538 bits per heavy atom. The third-order valence-corrected chi connectivity index (χ3v) is 28.1. The van der Waals surface area contributed by atoms with Gasteiger partial charge in [0.15, 0.2) is 30.7 Å². The van der Waals surface area contributed by atoms with Crippen molar-refractivity contribution in [1.82, 2.24) is 48.3 Å². The van der Waals surface area contributed by atoms with Gasteiger partial charge in [-0.1, -0.05) is 63.2 Å². The topological polar surface area (TPSA) is 555 Å². The molecule has 9 heterocycles. The summed E-state index contributed by atoms with van der Waals surface area (Å²) in [6, 6.07) is 24.6. The number of aromatic amines is 1. The number of aliphatic hydroxyl groups is 5. The molecule has 7 aromatic rings. The number of para-hydroxylation sites is 2. The van der Waals surface area contributed by atoms with Crippen LogP contribution in [0.2, 0.25) is 0 Å². The van der Waals surface area contributed by atoms with Gasteiger partial charge in [-0.3, -0.25) is 71.7 Å². The minimum atomic E-state index is -3.95. The van der Waals surface area contributed by atoms with Crippen LogP contribution in [0.1, 0.15) is 72.0 Å². The summed E-state index contributed by atoms with van der Waals surface area (Å²) < 4.78 is 143. The molecule has 0 spiro atoms. The monoisotopic (exact) mass is 2000 g/mol. The van der Waals surface area contributed by atoms with E-state index in [9.17, 15) is 76.9 Å². The number of carbonyl (C=O) groups is 3. The van der Waals surface area contributed by atoms with E-state index in [2.05, 4.69) is 88.7 Å². The van der Waals surface area contributed by atoms with E-state index in [0.717, 1.165) is 42.3 Å². The van der Waals surface area contributed by atoms with Crippen LogP contribution in [0.25, 0.3) is 0 Å². The molecule has 0 radical (unpaired) electrons. The molecule has 4 aliphatic heterocycles. The van der Waals surface area contributed by atoms with Crippen molar-refractivity contribution in [3.05, 3.63) is 192 Å². The molecule has 4 fully saturated rings. The van der Waals surface area contributed by atoms with Gasteiger partial charge in [0.25, 0.3) is 13.1 Å². The van der Waals surface area contributed by atoms with Gasteiger partial charge in [-0.15, -0.1) is 0 Å². The highest BCUT2D eigenvalue weighted by atomic mass is 79.9. The van der Waals surface area contributed by atoms with Crippen LogP contribution in [0.4, 0.5) is 35.0 Å². The van der Waals surface area contributed by atoms with E-state index in [1.165, 1.54) is 51.4 Å². The largest absolute Gasteiger partial charge is 0.424 e. The first-order valence-corrected chi connectivity index (χ1v) is 44.0. The number of pyridine rings is 1. The van der Waals surface area contributed by atoms with E-state index in [4.69, 9.17) is 63.3 Å². The highest BCUT2D eigenvalue weighted by Crippen LogP contribution is 2.56. The van der Waals surface area contributed by atoms with E-state index in [1.54, 1.807) is 111 Å². The van der Waals surface area contributed by atoms with Gasteiger partial charge in [0.1, 0.15) is 89.3 Å². The maximum atomic E-state index is 15.4. The van der Waals surface area contributed by atoms with E-state index < -0.39 is 187 Å². The molecule has 4 aliphatic rings. The Morgan fingerprint density at radius 2 is 0.908 bits per heavy atom. The zero-order valence-electron chi connectivity index (χ0n) is 63.5. The fraction of sp³-hybridized carbons (Fsp3) is 0.478. The molecule has 4 saturated heterocycles. The first kappa shape index (κ1) is 97.1. The average molecular weight is 2000 g/mol. The van der Waals surface area contributed by atoms with Crippen molar-refractivity contribution in [2.24, 2.45) is 17.8 Å². The Balaban J connectivity index is 0.000000202. The second-order valence-electron chi connectivity index (χ2n) is 27.4. The molecule has 0 aliphatic carbocycles. The van der Waals surface area contributed by atoms with Gasteiger partial charge in [0.2, 0.25) is 18.3 Å². The van der Waals surface area contributed by atoms with Crippen molar-refractivity contribution in [3.63, 3.8) is 0 Å². The fourth-order valence-corrected chi connectivity index (χ4v) is 19.9. The maximum Gasteiger partial charge on any atom is 0.379 e. The number of nitrogens with zero attached hydrogens (tertiary/aromatic N) is 8. The number of halogens is 8. The summed E-state index contributed by atoms with van der Waals surface area (Å²) in [7, 11) is -11.5.